The van der Waals surface area contributed by atoms with Crippen molar-refractivity contribution in [2.24, 2.45) is 0 Å². The largest absolute Gasteiger partial charge is 0.495 e. The topological polar surface area (TPSA) is 64.4 Å². The van der Waals surface area contributed by atoms with Crippen LogP contribution in [0.2, 0.25) is 5.02 Å². The van der Waals surface area contributed by atoms with Crippen LogP contribution in [0.1, 0.15) is 5.56 Å². The molecule has 1 amide bonds. The van der Waals surface area contributed by atoms with Crippen LogP contribution < -0.4 is 10.1 Å². The first-order valence-electron chi connectivity index (χ1n) is 7.27. The van der Waals surface area contributed by atoms with Gasteiger partial charge in [0.25, 0.3) is 0 Å². The van der Waals surface area contributed by atoms with Crippen LogP contribution in [0, 0.1) is 0 Å². The van der Waals surface area contributed by atoms with Crippen molar-refractivity contribution in [3.8, 4) is 17.1 Å². The van der Waals surface area contributed by atoms with Crippen molar-refractivity contribution >= 4 is 23.2 Å². The molecule has 3 aromatic rings. The second kappa shape index (κ2) is 7.19. The Kier molecular flexibility index (Phi) is 4.82. The Hall–Kier alpha value is -2.79. The normalized spacial score (nSPS) is 10.4. The molecule has 0 saturated carbocycles. The summed E-state index contributed by atoms with van der Waals surface area (Å²) in [5.74, 6) is 0.993. The van der Waals surface area contributed by atoms with Gasteiger partial charge in [-0.05, 0) is 29.8 Å². The van der Waals surface area contributed by atoms with Gasteiger partial charge in [-0.15, -0.1) is 0 Å². The summed E-state index contributed by atoms with van der Waals surface area (Å²) >= 11 is 6.09. The van der Waals surface area contributed by atoms with Crippen LogP contribution in [-0.2, 0) is 11.2 Å². The number of carbonyl (C=O) groups is 1. The molecule has 0 aliphatic heterocycles. The first-order valence-corrected chi connectivity index (χ1v) is 7.65. The average Bonchev–Trinajstić information content (AvgIpc) is 3.12. The zero-order valence-corrected chi connectivity index (χ0v) is 13.7. The van der Waals surface area contributed by atoms with Crippen molar-refractivity contribution in [2.45, 2.75) is 6.42 Å². The fourth-order valence-corrected chi connectivity index (χ4v) is 2.52. The SMILES string of the molecule is COc1cc(-c2cnco2)ccc1NC(=O)Cc1ccccc1Cl. The molecular weight excluding hydrogens is 328 g/mol. The second-order valence-corrected chi connectivity index (χ2v) is 5.50. The summed E-state index contributed by atoms with van der Waals surface area (Å²) in [4.78, 5) is 16.2. The summed E-state index contributed by atoms with van der Waals surface area (Å²) in [6, 6.07) is 12.6. The van der Waals surface area contributed by atoms with E-state index >= 15 is 0 Å². The number of oxazole rings is 1. The van der Waals surface area contributed by atoms with Crippen molar-refractivity contribution in [2.75, 3.05) is 12.4 Å². The Morgan fingerprint density at radius 1 is 1.29 bits per heavy atom. The number of rotatable bonds is 5. The molecule has 1 aromatic heterocycles. The van der Waals surface area contributed by atoms with E-state index in [9.17, 15) is 4.79 Å². The monoisotopic (exact) mass is 342 g/mol. The summed E-state index contributed by atoms with van der Waals surface area (Å²) < 4.78 is 10.6. The number of carbonyl (C=O) groups excluding carboxylic acids is 1. The number of anilines is 1. The van der Waals surface area contributed by atoms with Crippen LogP contribution in [0.4, 0.5) is 5.69 Å². The summed E-state index contributed by atoms with van der Waals surface area (Å²) in [5, 5.41) is 3.41. The molecule has 6 heteroatoms. The van der Waals surface area contributed by atoms with Gasteiger partial charge in [0.15, 0.2) is 12.2 Å². The van der Waals surface area contributed by atoms with Crippen molar-refractivity contribution in [3.63, 3.8) is 0 Å². The maximum absolute atomic E-state index is 12.3. The smallest absolute Gasteiger partial charge is 0.228 e. The zero-order valence-electron chi connectivity index (χ0n) is 13.0. The molecule has 3 rings (SSSR count). The molecule has 0 bridgehead atoms. The van der Waals surface area contributed by atoms with Gasteiger partial charge in [-0.2, -0.15) is 0 Å². The van der Waals surface area contributed by atoms with E-state index in [1.807, 2.05) is 24.3 Å². The quantitative estimate of drug-likeness (QED) is 0.755. The number of amides is 1. The lowest BCUT2D eigenvalue weighted by Crippen LogP contribution is -2.15. The summed E-state index contributed by atoms with van der Waals surface area (Å²) in [5.41, 5.74) is 2.17. The van der Waals surface area contributed by atoms with Gasteiger partial charge in [-0.25, -0.2) is 4.98 Å². The van der Waals surface area contributed by atoms with Crippen LogP contribution in [0.3, 0.4) is 0 Å². The van der Waals surface area contributed by atoms with Crippen molar-refractivity contribution < 1.29 is 13.9 Å². The van der Waals surface area contributed by atoms with Crippen molar-refractivity contribution in [1.82, 2.24) is 4.98 Å². The lowest BCUT2D eigenvalue weighted by atomic mass is 10.1. The number of hydrogen-bond acceptors (Lipinski definition) is 4. The highest BCUT2D eigenvalue weighted by atomic mass is 35.5. The minimum atomic E-state index is -0.172. The van der Waals surface area contributed by atoms with E-state index in [1.165, 1.54) is 6.39 Å². The Bertz CT molecular complexity index is 847. The van der Waals surface area contributed by atoms with Crippen LogP contribution in [0.15, 0.2) is 59.5 Å². The van der Waals surface area contributed by atoms with E-state index in [0.29, 0.717) is 22.2 Å². The van der Waals surface area contributed by atoms with E-state index in [4.69, 9.17) is 20.8 Å². The van der Waals surface area contributed by atoms with E-state index in [2.05, 4.69) is 10.3 Å². The predicted molar refractivity (Wildman–Crippen MR) is 92.3 cm³/mol. The minimum absolute atomic E-state index is 0.172. The summed E-state index contributed by atoms with van der Waals surface area (Å²) in [7, 11) is 1.54. The highest BCUT2D eigenvalue weighted by Gasteiger charge is 2.12. The average molecular weight is 343 g/mol. The van der Waals surface area contributed by atoms with Crippen LogP contribution >= 0.6 is 11.6 Å². The van der Waals surface area contributed by atoms with Gasteiger partial charge in [-0.1, -0.05) is 29.8 Å². The molecule has 122 valence electrons. The molecule has 5 nitrogen and oxygen atoms in total. The minimum Gasteiger partial charge on any atom is -0.495 e. The maximum Gasteiger partial charge on any atom is 0.228 e. The molecule has 1 N–H and O–H groups in total. The third kappa shape index (κ3) is 3.58. The Labute approximate surface area is 144 Å². The van der Waals surface area contributed by atoms with Gasteiger partial charge in [0, 0.05) is 10.6 Å². The maximum atomic E-state index is 12.3. The van der Waals surface area contributed by atoms with Crippen molar-refractivity contribution in [1.29, 1.82) is 0 Å². The molecule has 2 aromatic carbocycles. The number of halogens is 1. The lowest BCUT2D eigenvalue weighted by molar-refractivity contribution is -0.115. The number of benzene rings is 2. The molecular formula is C18H15ClN2O3. The molecule has 0 saturated heterocycles. The van der Waals surface area contributed by atoms with E-state index < -0.39 is 0 Å². The number of hydrogen-bond donors (Lipinski definition) is 1. The van der Waals surface area contributed by atoms with Gasteiger partial charge in [0.2, 0.25) is 5.91 Å². The third-order valence-corrected chi connectivity index (χ3v) is 3.87. The fourth-order valence-electron chi connectivity index (χ4n) is 2.32. The second-order valence-electron chi connectivity index (χ2n) is 5.10. The predicted octanol–water partition coefficient (Wildman–Crippen LogP) is 4.18. The Morgan fingerprint density at radius 2 is 2.12 bits per heavy atom. The van der Waals surface area contributed by atoms with Crippen LogP contribution in [-0.4, -0.2) is 18.0 Å². The summed E-state index contributed by atoms with van der Waals surface area (Å²) in [6.07, 6.45) is 3.16. The van der Waals surface area contributed by atoms with E-state index in [0.717, 1.165) is 11.1 Å². The molecule has 24 heavy (non-hydrogen) atoms. The van der Waals surface area contributed by atoms with E-state index in [-0.39, 0.29) is 12.3 Å². The number of methoxy groups -OCH3 is 1. The first kappa shape index (κ1) is 16.1. The standard InChI is InChI=1S/C18H15ClN2O3/c1-23-16-8-13(17-10-20-11-24-17)6-7-15(16)21-18(22)9-12-4-2-3-5-14(12)19/h2-8,10-11H,9H2,1H3,(H,21,22). The molecule has 0 aliphatic rings. The lowest BCUT2D eigenvalue weighted by Gasteiger charge is -2.11. The van der Waals surface area contributed by atoms with Gasteiger partial charge >= 0.3 is 0 Å². The van der Waals surface area contributed by atoms with Crippen LogP contribution in [0.5, 0.6) is 5.75 Å². The van der Waals surface area contributed by atoms with Gasteiger partial charge in [0.1, 0.15) is 5.75 Å². The van der Waals surface area contributed by atoms with Gasteiger partial charge in [-0.3, -0.25) is 4.79 Å². The highest BCUT2D eigenvalue weighted by Crippen LogP contribution is 2.30. The van der Waals surface area contributed by atoms with Crippen LogP contribution in [0.25, 0.3) is 11.3 Å². The highest BCUT2D eigenvalue weighted by molar-refractivity contribution is 6.31. The van der Waals surface area contributed by atoms with E-state index in [1.54, 1.807) is 31.5 Å². The van der Waals surface area contributed by atoms with Crippen molar-refractivity contribution in [3.05, 3.63) is 65.6 Å². The zero-order chi connectivity index (χ0) is 16.9. The molecule has 0 unspecified atom stereocenters. The molecule has 0 aliphatic carbocycles. The number of nitrogens with one attached hydrogen (secondary N) is 1. The molecule has 0 atom stereocenters. The molecule has 0 fully saturated rings. The van der Waals surface area contributed by atoms with Gasteiger partial charge < -0.3 is 14.5 Å². The number of nitrogens with zero attached hydrogens (tertiary/aromatic N) is 1. The molecule has 1 heterocycles. The number of ether oxygens (including phenoxy) is 1. The van der Waals surface area contributed by atoms with Gasteiger partial charge in [0.05, 0.1) is 25.4 Å². The Morgan fingerprint density at radius 3 is 2.83 bits per heavy atom. The molecule has 0 spiro atoms. The Balaban J connectivity index is 1.77. The molecule has 0 radical (unpaired) electrons. The third-order valence-electron chi connectivity index (χ3n) is 3.50. The first-order chi connectivity index (χ1) is 11.7. The fraction of sp³-hybridized carbons (Fsp3) is 0.111. The summed E-state index contributed by atoms with van der Waals surface area (Å²) in [6.45, 7) is 0. The number of aromatic nitrogens is 1.